The second-order valence-corrected chi connectivity index (χ2v) is 5.64. The van der Waals surface area contributed by atoms with Gasteiger partial charge in [-0.3, -0.25) is 0 Å². The first-order valence-corrected chi connectivity index (χ1v) is 7.10. The van der Waals surface area contributed by atoms with Gasteiger partial charge in [-0.1, -0.05) is 17.7 Å². The number of rotatable bonds is 4. The lowest BCUT2D eigenvalue weighted by Crippen LogP contribution is -2.21. The van der Waals surface area contributed by atoms with E-state index in [1.165, 1.54) is 34.4 Å². The smallest absolute Gasteiger partial charge is 0.126 e. The Kier molecular flexibility index (Phi) is 4.73. The van der Waals surface area contributed by atoms with Crippen LogP contribution in [0.4, 0.5) is 8.78 Å². The van der Waals surface area contributed by atoms with Crippen molar-refractivity contribution in [3.05, 3.63) is 69.8 Å². The molecule has 1 nitrogen and oxygen atoms in total. The van der Waals surface area contributed by atoms with Crippen LogP contribution in [0.2, 0.25) is 0 Å². The van der Waals surface area contributed by atoms with Crippen LogP contribution in [-0.4, -0.2) is 7.05 Å². The van der Waals surface area contributed by atoms with Gasteiger partial charge in [-0.2, -0.15) is 0 Å². The monoisotopic (exact) mass is 289 g/mol. The first-order chi connectivity index (χ1) is 9.90. The molecule has 1 unspecified atom stereocenters. The quantitative estimate of drug-likeness (QED) is 0.880. The number of nitrogens with one attached hydrogen (secondary N) is 1. The maximum atomic E-state index is 13.3. The Morgan fingerprint density at radius 3 is 1.90 bits per heavy atom. The highest BCUT2D eigenvalue weighted by molar-refractivity contribution is 5.40. The van der Waals surface area contributed by atoms with Crippen molar-refractivity contribution in [3.8, 4) is 0 Å². The molecule has 2 rings (SSSR count). The molecule has 21 heavy (non-hydrogen) atoms. The molecule has 0 aliphatic carbocycles. The molecule has 2 aromatic carbocycles. The molecule has 3 heteroatoms. The molecule has 112 valence electrons. The Morgan fingerprint density at radius 1 is 0.905 bits per heavy atom. The number of halogens is 2. The lowest BCUT2D eigenvalue weighted by molar-refractivity contribution is 0.559. The van der Waals surface area contributed by atoms with Crippen molar-refractivity contribution in [2.75, 3.05) is 7.05 Å². The Balaban J connectivity index is 2.36. The van der Waals surface area contributed by atoms with Crippen LogP contribution in [-0.2, 0) is 6.42 Å². The summed E-state index contributed by atoms with van der Waals surface area (Å²) in [6.45, 7) is 6.22. The summed E-state index contributed by atoms with van der Waals surface area (Å²) in [6, 6.07) is 8.00. The van der Waals surface area contributed by atoms with Gasteiger partial charge in [0.25, 0.3) is 0 Å². The fourth-order valence-electron chi connectivity index (χ4n) is 3.05. The van der Waals surface area contributed by atoms with E-state index in [2.05, 4.69) is 38.2 Å². The summed E-state index contributed by atoms with van der Waals surface area (Å²) in [5, 5.41) is 3.26. The van der Waals surface area contributed by atoms with E-state index >= 15 is 0 Å². The topological polar surface area (TPSA) is 12.0 Å². The summed E-state index contributed by atoms with van der Waals surface area (Å²) >= 11 is 0. The fraction of sp³-hybridized carbons (Fsp3) is 0.333. The minimum Gasteiger partial charge on any atom is -0.313 e. The van der Waals surface area contributed by atoms with E-state index in [9.17, 15) is 8.78 Å². The van der Waals surface area contributed by atoms with Crippen LogP contribution in [0.3, 0.4) is 0 Å². The second-order valence-electron chi connectivity index (χ2n) is 5.64. The lowest BCUT2D eigenvalue weighted by Gasteiger charge is -2.22. The Morgan fingerprint density at radius 2 is 1.43 bits per heavy atom. The van der Waals surface area contributed by atoms with E-state index in [1.54, 1.807) is 0 Å². The standard InChI is InChI=1S/C18H21F2N/c1-11-5-12(2)18(13(3)6-11)17(21-4)9-14-7-15(19)10-16(20)8-14/h5-8,10,17,21H,9H2,1-4H3. The molecular weight excluding hydrogens is 268 g/mol. The summed E-state index contributed by atoms with van der Waals surface area (Å²) in [7, 11) is 1.87. The zero-order chi connectivity index (χ0) is 15.6. The molecule has 0 heterocycles. The zero-order valence-corrected chi connectivity index (χ0v) is 12.9. The fourth-order valence-corrected chi connectivity index (χ4v) is 3.05. The Hall–Kier alpha value is -1.74. The van der Waals surface area contributed by atoms with Gasteiger partial charge in [0.05, 0.1) is 0 Å². The molecule has 1 atom stereocenters. The van der Waals surface area contributed by atoms with E-state index < -0.39 is 11.6 Å². The highest BCUT2D eigenvalue weighted by Crippen LogP contribution is 2.26. The molecule has 0 fully saturated rings. The zero-order valence-electron chi connectivity index (χ0n) is 12.9. The maximum Gasteiger partial charge on any atom is 0.126 e. The predicted octanol–water partition coefficient (Wildman–Crippen LogP) is 4.39. The van der Waals surface area contributed by atoms with Crippen LogP contribution < -0.4 is 5.32 Å². The van der Waals surface area contributed by atoms with E-state index in [0.717, 1.165) is 6.07 Å². The van der Waals surface area contributed by atoms with Gasteiger partial charge in [0.15, 0.2) is 0 Å². The number of hydrogen-bond donors (Lipinski definition) is 1. The van der Waals surface area contributed by atoms with Crippen molar-refractivity contribution < 1.29 is 8.78 Å². The van der Waals surface area contributed by atoms with Crippen molar-refractivity contribution in [1.29, 1.82) is 0 Å². The first-order valence-electron chi connectivity index (χ1n) is 7.10. The molecule has 0 aliphatic rings. The SMILES string of the molecule is CNC(Cc1cc(F)cc(F)c1)c1c(C)cc(C)cc1C. The van der Waals surface area contributed by atoms with Crippen molar-refractivity contribution in [3.63, 3.8) is 0 Å². The summed E-state index contributed by atoms with van der Waals surface area (Å²) < 4.78 is 26.7. The van der Waals surface area contributed by atoms with Gasteiger partial charge in [-0.15, -0.1) is 0 Å². The molecule has 0 aromatic heterocycles. The summed E-state index contributed by atoms with van der Waals surface area (Å²) in [6.07, 6.45) is 0.552. The number of aryl methyl sites for hydroxylation is 3. The van der Waals surface area contributed by atoms with Crippen LogP contribution in [0.1, 0.15) is 33.9 Å². The molecule has 0 spiro atoms. The van der Waals surface area contributed by atoms with Gasteiger partial charge < -0.3 is 5.32 Å². The van der Waals surface area contributed by atoms with Crippen LogP contribution in [0, 0.1) is 32.4 Å². The minimum atomic E-state index is -0.530. The van der Waals surface area contributed by atoms with Crippen LogP contribution in [0.5, 0.6) is 0 Å². The maximum absolute atomic E-state index is 13.3. The number of hydrogen-bond acceptors (Lipinski definition) is 1. The van der Waals surface area contributed by atoms with Gasteiger partial charge in [-0.25, -0.2) is 8.78 Å². The molecule has 1 N–H and O–H groups in total. The molecule has 0 bridgehead atoms. The first kappa shape index (κ1) is 15.6. The van der Waals surface area contributed by atoms with Crippen molar-refractivity contribution >= 4 is 0 Å². The Bertz CT molecular complexity index is 606. The molecule has 2 aromatic rings. The Labute approximate surface area is 125 Å². The van der Waals surface area contributed by atoms with Crippen LogP contribution in [0.25, 0.3) is 0 Å². The van der Waals surface area contributed by atoms with Crippen molar-refractivity contribution in [2.24, 2.45) is 0 Å². The highest BCUT2D eigenvalue weighted by Gasteiger charge is 2.16. The average Bonchev–Trinajstić information content (AvgIpc) is 2.35. The molecule has 0 saturated heterocycles. The van der Waals surface area contributed by atoms with Gasteiger partial charge in [-0.05, 0) is 68.6 Å². The highest BCUT2D eigenvalue weighted by atomic mass is 19.1. The second kappa shape index (κ2) is 6.35. The van der Waals surface area contributed by atoms with Gasteiger partial charge in [0.1, 0.15) is 11.6 Å². The average molecular weight is 289 g/mol. The predicted molar refractivity (Wildman–Crippen MR) is 82.5 cm³/mol. The molecule has 0 saturated carbocycles. The molecule has 0 amide bonds. The van der Waals surface area contributed by atoms with Gasteiger partial charge in [0.2, 0.25) is 0 Å². The third kappa shape index (κ3) is 3.67. The molecular formula is C18H21F2N. The van der Waals surface area contributed by atoms with E-state index in [0.29, 0.717) is 12.0 Å². The van der Waals surface area contributed by atoms with Crippen LogP contribution in [0.15, 0.2) is 30.3 Å². The minimum absolute atomic E-state index is 0.0341. The van der Waals surface area contributed by atoms with E-state index in [-0.39, 0.29) is 6.04 Å². The largest absolute Gasteiger partial charge is 0.313 e. The third-order valence-electron chi connectivity index (χ3n) is 3.80. The normalized spacial score (nSPS) is 12.5. The summed E-state index contributed by atoms with van der Waals surface area (Å²) in [5.74, 6) is -1.06. The molecule has 0 aliphatic heterocycles. The van der Waals surface area contributed by atoms with Crippen LogP contribution >= 0.6 is 0 Å². The number of likely N-dealkylation sites (N-methyl/N-ethyl adjacent to an activating group) is 1. The van der Waals surface area contributed by atoms with E-state index in [4.69, 9.17) is 0 Å². The van der Waals surface area contributed by atoms with Gasteiger partial charge in [0, 0.05) is 12.1 Å². The van der Waals surface area contributed by atoms with Crippen molar-refractivity contribution in [1.82, 2.24) is 5.32 Å². The summed E-state index contributed by atoms with van der Waals surface area (Å²) in [4.78, 5) is 0. The summed E-state index contributed by atoms with van der Waals surface area (Å²) in [5.41, 5.74) is 5.48. The molecule has 0 radical (unpaired) electrons. The van der Waals surface area contributed by atoms with Crippen molar-refractivity contribution in [2.45, 2.75) is 33.2 Å². The third-order valence-corrected chi connectivity index (χ3v) is 3.80. The van der Waals surface area contributed by atoms with Gasteiger partial charge >= 0.3 is 0 Å². The van der Waals surface area contributed by atoms with E-state index in [1.807, 2.05) is 7.05 Å². The lowest BCUT2D eigenvalue weighted by atomic mass is 9.90. The number of benzene rings is 2.